The molecule has 2 atom stereocenters. The van der Waals surface area contributed by atoms with Crippen molar-refractivity contribution in [3.05, 3.63) is 23.2 Å². The Morgan fingerprint density at radius 3 is 2.80 bits per heavy atom. The highest BCUT2D eigenvalue weighted by Gasteiger charge is 2.13. The molecular weight excluding hydrogens is 300 g/mol. The number of hydrogen-bond acceptors (Lipinski definition) is 3. The number of nitrogens with one attached hydrogen (secondary N) is 2. The molecular formula is C13H19ClN2O3S. The van der Waals surface area contributed by atoms with Crippen molar-refractivity contribution >= 4 is 34.1 Å². The van der Waals surface area contributed by atoms with Gasteiger partial charge < -0.3 is 15.4 Å². The molecule has 0 bridgehead atoms. The zero-order valence-electron chi connectivity index (χ0n) is 11.7. The Hall–Kier alpha value is -1.27. The van der Waals surface area contributed by atoms with E-state index >= 15 is 0 Å². The predicted molar refractivity (Wildman–Crippen MR) is 83.2 cm³/mol. The van der Waals surface area contributed by atoms with Crippen LogP contribution in [-0.2, 0) is 10.8 Å². The van der Waals surface area contributed by atoms with E-state index in [9.17, 15) is 9.00 Å². The molecule has 2 N–H and O–H groups in total. The Labute approximate surface area is 126 Å². The van der Waals surface area contributed by atoms with E-state index in [0.29, 0.717) is 28.8 Å². The van der Waals surface area contributed by atoms with Crippen molar-refractivity contribution in [3.8, 4) is 5.75 Å². The Balaban J connectivity index is 2.70. The Bertz CT molecular complexity index is 497. The average molecular weight is 319 g/mol. The van der Waals surface area contributed by atoms with Crippen molar-refractivity contribution in [1.29, 1.82) is 0 Å². The van der Waals surface area contributed by atoms with Gasteiger partial charge in [0.2, 0.25) is 0 Å². The number of carbonyl (C=O) groups is 1. The second kappa shape index (κ2) is 8.11. The molecule has 0 radical (unpaired) electrons. The van der Waals surface area contributed by atoms with Gasteiger partial charge >= 0.3 is 6.03 Å². The van der Waals surface area contributed by atoms with Crippen LogP contribution in [0.25, 0.3) is 0 Å². The molecule has 7 heteroatoms. The molecule has 0 aromatic heterocycles. The molecule has 0 spiro atoms. The highest BCUT2D eigenvalue weighted by Crippen LogP contribution is 2.32. The minimum Gasteiger partial charge on any atom is -0.490 e. The van der Waals surface area contributed by atoms with Crippen LogP contribution in [0.3, 0.4) is 0 Å². The quantitative estimate of drug-likeness (QED) is 0.847. The molecule has 1 aromatic rings. The predicted octanol–water partition coefficient (Wildman–Crippen LogP) is 2.63. The SMILES string of the molecule is CCOc1c(Cl)cccc1NC(=O)NC(C)CS(C)=O. The molecule has 112 valence electrons. The van der Waals surface area contributed by atoms with Gasteiger partial charge in [0.05, 0.1) is 17.3 Å². The van der Waals surface area contributed by atoms with Gasteiger partial charge in [-0.1, -0.05) is 17.7 Å². The number of amides is 2. The zero-order valence-corrected chi connectivity index (χ0v) is 13.3. The first-order valence-electron chi connectivity index (χ1n) is 6.22. The lowest BCUT2D eigenvalue weighted by Crippen LogP contribution is -2.39. The van der Waals surface area contributed by atoms with Crippen LogP contribution in [0.15, 0.2) is 18.2 Å². The molecule has 1 aromatic carbocycles. The Kier molecular flexibility index (Phi) is 6.81. The van der Waals surface area contributed by atoms with Crippen molar-refractivity contribution in [1.82, 2.24) is 5.32 Å². The van der Waals surface area contributed by atoms with Crippen LogP contribution < -0.4 is 15.4 Å². The highest BCUT2D eigenvalue weighted by molar-refractivity contribution is 7.84. The standard InChI is InChI=1S/C13H19ClN2O3S/c1-4-19-12-10(14)6-5-7-11(12)16-13(17)15-9(2)8-20(3)18/h5-7,9H,4,8H2,1-3H3,(H2,15,16,17). The fourth-order valence-electron chi connectivity index (χ4n) is 1.67. The number of ether oxygens (including phenoxy) is 1. The molecule has 2 unspecified atom stereocenters. The van der Waals surface area contributed by atoms with E-state index in [2.05, 4.69) is 10.6 Å². The summed E-state index contributed by atoms with van der Waals surface area (Å²) in [7, 11) is -0.958. The van der Waals surface area contributed by atoms with Gasteiger partial charge in [0.15, 0.2) is 5.75 Å². The summed E-state index contributed by atoms with van der Waals surface area (Å²) in [6, 6.07) is 4.56. The summed E-state index contributed by atoms with van der Waals surface area (Å²) in [5, 5.41) is 5.83. The number of carbonyl (C=O) groups excluding carboxylic acids is 1. The molecule has 0 saturated heterocycles. The van der Waals surface area contributed by atoms with Gasteiger partial charge in [-0.25, -0.2) is 4.79 Å². The van der Waals surface area contributed by atoms with E-state index < -0.39 is 10.8 Å². The Morgan fingerprint density at radius 2 is 2.20 bits per heavy atom. The molecule has 2 amide bonds. The number of urea groups is 1. The van der Waals surface area contributed by atoms with Gasteiger partial charge in [0.25, 0.3) is 0 Å². The number of benzene rings is 1. The summed E-state index contributed by atoms with van der Waals surface area (Å²) in [6.45, 7) is 4.08. The third kappa shape index (κ3) is 5.38. The third-order valence-corrected chi connectivity index (χ3v) is 3.63. The molecule has 5 nitrogen and oxygen atoms in total. The monoisotopic (exact) mass is 318 g/mol. The first-order chi connectivity index (χ1) is 9.43. The van der Waals surface area contributed by atoms with Crippen LogP contribution in [0.4, 0.5) is 10.5 Å². The van der Waals surface area contributed by atoms with Gasteiger partial charge in [-0.05, 0) is 26.0 Å². The van der Waals surface area contributed by atoms with Crippen LogP contribution in [0.2, 0.25) is 5.02 Å². The summed E-state index contributed by atoms with van der Waals surface area (Å²) in [4.78, 5) is 11.9. The van der Waals surface area contributed by atoms with Crippen LogP contribution in [-0.4, -0.2) is 34.9 Å². The summed E-state index contributed by atoms with van der Waals surface area (Å²) in [5.41, 5.74) is 0.502. The van der Waals surface area contributed by atoms with Gasteiger partial charge in [0, 0.05) is 28.9 Å². The average Bonchev–Trinajstić information content (AvgIpc) is 2.32. The maximum atomic E-state index is 11.9. The lowest BCUT2D eigenvalue weighted by molar-refractivity contribution is 0.250. The van der Waals surface area contributed by atoms with Crippen molar-refractivity contribution in [2.24, 2.45) is 0 Å². The zero-order chi connectivity index (χ0) is 15.1. The normalized spacial score (nSPS) is 13.4. The molecule has 0 aliphatic rings. The summed E-state index contributed by atoms with van der Waals surface area (Å²) >= 11 is 6.03. The number of para-hydroxylation sites is 1. The van der Waals surface area contributed by atoms with E-state index in [1.54, 1.807) is 31.4 Å². The van der Waals surface area contributed by atoms with Crippen molar-refractivity contribution in [2.45, 2.75) is 19.9 Å². The number of rotatable bonds is 6. The molecule has 20 heavy (non-hydrogen) atoms. The van der Waals surface area contributed by atoms with Crippen LogP contribution in [0.1, 0.15) is 13.8 Å². The van der Waals surface area contributed by atoms with E-state index in [4.69, 9.17) is 16.3 Å². The van der Waals surface area contributed by atoms with E-state index in [1.165, 1.54) is 0 Å². The highest BCUT2D eigenvalue weighted by atomic mass is 35.5. The number of anilines is 1. The van der Waals surface area contributed by atoms with Gasteiger partial charge in [0.1, 0.15) is 0 Å². The van der Waals surface area contributed by atoms with Crippen molar-refractivity contribution in [2.75, 3.05) is 23.9 Å². The summed E-state index contributed by atoms with van der Waals surface area (Å²) in [5.74, 6) is 0.847. The lowest BCUT2D eigenvalue weighted by atomic mass is 10.3. The molecule has 1 rings (SSSR count). The van der Waals surface area contributed by atoms with E-state index in [0.717, 1.165) is 0 Å². The minimum absolute atomic E-state index is 0.185. The van der Waals surface area contributed by atoms with Crippen LogP contribution in [0.5, 0.6) is 5.75 Å². The maximum absolute atomic E-state index is 11.9. The third-order valence-electron chi connectivity index (χ3n) is 2.37. The molecule has 0 heterocycles. The number of hydrogen-bond donors (Lipinski definition) is 2. The van der Waals surface area contributed by atoms with Crippen LogP contribution >= 0.6 is 11.6 Å². The van der Waals surface area contributed by atoms with Gasteiger partial charge in [-0.2, -0.15) is 0 Å². The lowest BCUT2D eigenvalue weighted by Gasteiger charge is -2.16. The van der Waals surface area contributed by atoms with Gasteiger partial charge in [-0.3, -0.25) is 4.21 Å². The minimum atomic E-state index is -0.958. The second-order valence-electron chi connectivity index (χ2n) is 4.29. The maximum Gasteiger partial charge on any atom is 0.319 e. The molecule has 0 saturated carbocycles. The second-order valence-corrected chi connectivity index (χ2v) is 6.18. The number of halogens is 1. The summed E-state index contributed by atoms with van der Waals surface area (Å²) in [6.07, 6.45) is 1.60. The van der Waals surface area contributed by atoms with Crippen LogP contribution in [0, 0.1) is 0 Å². The molecule has 0 aliphatic heterocycles. The van der Waals surface area contributed by atoms with Gasteiger partial charge in [-0.15, -0.1) is 0 Å². The first-order valence-corrected chi connectivity index (χ1v) is 8.33. The summed E-state index contributed by atoms with van der Waals surface area (Å²) < 4.78 is 16.5. The smallest absolute Gasteiger partial charge is 0.319 e. The van der Waals surface area contributed by atoms with E-state index in [1.807, 2.05) is 6.92 Å². The fraction of sp³-hybridized carbons (Fsp3) is 0.462. The topological polar surface area (TPSA) is 67.4 Å². The van der Waals surface area contributed by atoms with Crippen molar-refractivity contribution < 1.29 is 13.7 Å². The fourth-order valence-corrected chi connectivity index (χ4v) is 2.69. The largest absolute Gasteiger partial charge is 0.490 e. The van der Waals surface area contributed by atoms with Crippen molar-refractivity contribution in [3.63, 3.8) is 0 Å². The first kappa shape index (κ1) is 16.8. The molecule has 0 fully saturated rings. The van der Waals surface area contributed by atoms with E-state index in [-0.39, 0.29) is 12.1 Å². The molecule has 0 aliphatic carbocycles. The Morgan fingerprint density at radius 1 is 1.50 bits per heavy atom.